The number of para-hydroxylation sites is 1. The molecular weight excluding hydrogens is 296 g/mol. The van der Waals surface area contributed by atoms with Crippen molar-refractivity contribution >= 4 is 34.1 Å². The summed E-state index contributed by atoms with van der Waals surface area (Å²) >= 11 is 6.04. The number of nitrogens with zero attached hydrogens (tertiary/aromatic N) is 1. The molecule has 1 heterocycles. The predicted molar refractivity (Wildman–Crippen MR) is 90.6 cm³/mol. The Balaban J connectivity index is 2.04. The lowest BCUT2D eigenvalue weighted by Crippen LogP contribution is -2.13. The Morgan fingerprint density at radius 1 is 1.09 bits per heavy atom. The van der Waals surface area contributed by atoms with Crippen molar-refractivity contribution in [2.75, 3.05) is 5.32 Å². The average molecular weight is 311 g/mol. The highest BCUT2D eigenvalue weighted by molar-refractivity contribution is 6.30. The van der Waals surface area contributed by atoms with Gasteiger partial charge in [0.2, 0.25) is 0 Å². The first-order valence-corrected chi connectivity index (χ1v) is 7.36. The number of carbonyl (C=O) groups is 1. The van der Waals surface area contributed by atoms with Crippen LogP contribution in [0.25, 0.3) is 10.9 Å². The first-order chi connectivity index (χ1) is 10.5. The Labute approximate surface area is 133 Å². The summed E-state index contributed by atoms with van der Waals surface area (Å²) in [6, 6.07) is 15.0. The molecule has 1 N–H and O–H groups in total. The number of benzene rings is 2. The number of amides is 1. The second-order valence-electron chi connectivity index (χ2n) is 5.28. The highest BCUT2D eigenvalue weighted by Gasteiger charge is 2.13. The number of carbonyl (C=O) groups excluding carboxylic acids is 1. The van der Waals surface area contributed by atoms with E-state index in [0.717, 1.165) is 22.2 Å². The van der Waals surface area contributed by atoms with E-state index in [1.165, 1.54) is 0 Å². The van der Waals surface area contributed by atoms with Crippen LogP contribution in [-0.2, 0) is 0 Å². The molecule has 0 saturated heterocycles. The van der Waals surface area contributed by atoms with Gasteiger partial charge in [0.15, 0.2) is 0 Å². The van der Waals surface area contributed by atoms with Crippen molar-refractivity contribution in [3.05, 3.63) is 70.4 Å². The van der Waals surface area contributed by atoms with Crippen molar-refractivity contribution in [2.24, 2.45) is 0 Å². The van der Waals surface area contributed by atoms with Crippen LogP contribution in [0, 0.1) is 13.8 Å². The van der Waals surface area contributed by atoms with Crippen LogP contribution in [0.3, 0.4) is 0 Å². The van der Waals surface area contributed by atoms with Gasteiger partial charge < -0.3 is 5.32 Å². The fourth-order valence-corrected chi connectivity index (χ4v) is 2.59. The van der Waals surface area contributed by atoms with Crippen molar-refractivity contribution in [2.45, 2.75) is 13.8 Å². The minimum atomic E-state index is -0.186. The Hall–Kier alpha value is -2.39. The van der Waals surface area contributed by atoms with Crippen LogP contribution in [0.1, 0.15) is 21.5 Å². The average Bonchev–Trinajstić information content (AvgIpc) is 2.50. The Bertz CT molecular complexity index is 874. The van der Waals surface area contributed by atoms with Crippen LogP contribution < -0.4 is 5.32 Å². The molecule has 4 heteroatoms. The first-order valence-electron chi connectivity index (χ1n) is 6.98. The zero-order valence-electron chi connectivity index (χ0n) is 12.4. The molecule has 1 aromatic heterocycles. The van der Waals surface area contributed by atoms with Crippen LogP contribution in [0.4, 0.5) is 5.69 Å². The molecule has 0 aliphatic rings. The van der Waals surface area contributed by atoms with Crippen LogP contribution in [0.5, 0.6) is 0 Å². The van der Waals surface area contributed by atoms with Gasteiger partial charge in [0.25, 0.3) is 5.91 Å². The second-order valence-corrected chi connectivity index (χ2v) is 5.67. The number of pyridine rings is 1. The van der Waals surface area contributed by atoms with Gasteiger partial charge in [-0.1, -0.05) is 41.9 Å². The fraction of sp³-hybridized carbons (Fsp3) is 0.111. The summed E-state index contributed by atoms with van der Waals surface area (Å²) in [7, 11) is 0. The SMILES string of the molecule is Cc1ccc(C)c(NC(=O)c2cc(Cl)nc3ccccc23)c1. The Morgan fingerprint density at radius 3 is 2.68 bits per heavy atom. The zero-order valence-corrected chi connectivity index (χ0v) is 13.1. The van der Waals surface area contributed by atoms with E-state index in [9.17, 15) is 4.79 Å². The molecule has 2 aromatic carbocycles. The van der Waals surface area contributed by atoms with Crippen LogP contribution in [0.2, 0.25) is 5.15 Å². The van der Waals surface area contributed by atoms with E-state index in [4.69, 9.17) is 11.6 Å². The van der Waals surface area contributed by atoms with Gasteiger partial charge in [0.05, 0.1) is 11.1 Å². The Morgan fingerprint density at radius 2 is 1.86 bits per heavy atom. The minimum absolute atomic E-state index is 0.186. The number of anilines is 1. The van der Waals surface area contributed by atoms with Gasteiger partial charge in [-0.05, 0) is 43.2 Å². The topological polar surface area (TPSA) is 42.0 Å². The summed E-state index contributed by atoms with van der Waals surface area (Å²) in [6.07, 6.45) is 0. The van der Waals surface area contributed by atoms with E-state index in [1.54, 1.807) is 6.07 Å². The van der Waals surface area contributed by atoms with E-state index in [2.05, 4.69) is 10.3 Å². The molecule has 0 aliphatic heterocycles. The number of aryl methyl sites for hydroxylation is 2. The maximum Gasteiger partial charge on any atom is 0.256 e. The van der Waals surface area contributed by atoms with Crippen molar-refractivity contribution in [1.29, 1.82) is 0 Å². The summed E-state index contributed by atoms with van der Waals surface area (Å²) in [5.74, 6) is -0.186. The van der Waals surface area contributed by atoms with Crippen molar-refractivity contribution in [1.82, 2.24) is 4.98 Å². The maximum atomic E-state index is 12.6. The van der Waals surface area contributed by atoms with Gasteiger partial charge in [-0.15, -0.1) is 0 Å². The lowest BCUT2D eigenvalue weighted by Gasteiger charge is -2.11. The van der Waals surface area contributed by atoms with E-state index < -0.39 is 0 Å². The second kappa shape index (κ2) is 5.78. The number of halogens is 1. The quantitative estimate of drug-likeness (QED) is 0.694. The maximum absolute atomic E-state index is 12.6. The molecule has 3 rings (SSSR count). The van der Waals surface area contributed by atoms with E-state index in [0.29, 0.717) is 16.2 Å². The third-order valence-corrected chi connectivity index (χ3v) is 3.76. The summed E-state index contributed by atoms with van der Waals surface area (Å²) in [4.78, 5) is 16.9. The molecule has 0 atom stereocenters. The van der Waals surface area contributed by atoms with Gasteiger partial charge >= 0.3 is 0 Å². The zero-order chi connectivity index (χ0) is 15.7. The first kappa shape index (κ1) is 14.5. The van der Waals surface area contributed by atoms with Crippen LogP contribution in [0.15, 0.2) is 48.5 Å². The summed E-state index contributed by atoms with van der Waals surface area (Å²) in [5.41, 5.74) is 4.15. The van der Waals surface area contributed by atoms with E-state index >= 15 is 0 Å². The molecule has 1 amide bonds. The fourth-order valence-electron chi connectivity index (χ4n) is 2.39. The number of nitrogens with one attached hydrogen (secondary N) is 1. The summed E-state index contributed by atoms with van der Waals surface area (Å²) < 4.78 is 0. The molecule has 22 heavy (non-hydrogen) atoms. The minimum Gasteiger partial charge on any atom is -0.322 e. The number of rotatable bonds is 2. The molecule has 0 bridgehead atoms. The molecule has 0 unspecified atom stereocenters. The van der Waals surface area contributed by atoms with Crippen LogP contribution >= 0.6 is 11.6 Å². The number of hydrogen-bond donors (Lipinski definition) is 1. The molecular formula is C18H15ClN2O. The van der Waals surface area contributed by atoms with Gasteiger partial charge in [0, 0.05) is 11.1 Å². The monoisotopic (exact) mass is 310 g/mol. The molecule has 0 radical (unpaired) electrons. The molecule has 110 valence electrons. The molecule has 0 spiro atoms. The number of aromatic nitrogens is 1. The highest BCUT2D eigenvalue weighted by atomic mass is 35.5. The Kier molecular flexibility index (Phi) is 3.82. The van der Waals surface area contributed by atoms with E-state index in [-0.39, 0.29) is 5.91 Å². The molecule has 3 nitrogen and oxygen atoms in total. The van der Waals surface area contributed by atoms with Crippen molar-refractivity contribution in [3.8, 4) is 0 Å². The van der Waals surface area contributed by atoms with Crippen LogP contribution in [-0.4, -0.2) is 10.9 Å². The third kappa shape index (κ3) is 2.81. The predicted octanol–water partition coefficient (Wildman–Crippen LogP) is 4.76. The standard InChI is InChI=1S/C18H15ClN2O/c1-11-7-8-12(2)16(9-11)21-18(22)14-10-17(19)20-15-6-4-3-5-13(14)15/h3-10H,1-2H3,(H,21,22). The molecule has 0 saturated carbocycles. The summed E-state index contributed by atoms with van der Waals surface area (Å²) in [5, 5.41) is 4.06. The van der Waals surface area contributed by atoms with Gasteiger partial charge in [-0.2, -0.15) is 0 Å². The lowest BCUT2D eigenvalue weighted by atomic mass is 10.1. The smallest absolute Gasteiger partial charge is 0.256 e. The third-order valence-electron chi connectivity index (χ3n) is 3.57. The van der Waals surface area contributed by atoms with Crippen molar-refractivity contribution < 1.29 is 4.79 Å². The van der Waals surface area contributed by atoms with E-state index in [1.807, 2.05) is 56.3 Å². The van der Waals surface area contributed by atoms with Crippen molar-refractivity contribution in [3.63, 3.8) is 0 Å². The number of fused-ring (bicyclic) bond motifs is 1. The number of hydrogen-bond acceptors (Lipinski definition) is 2. The molecule has 3 aromatic rings. The van der Waals surface area contributed by atoms with Gasteiger partial charge in [-0.3, -0.25) is 4.79 Å². The largest absolute Gasteiger partial charge is 0.322 e. The molecule has 0 fully saturated rings. The molecule has 0 aliphatic carbocycles. The van der Waals surface area contributed by atoms with Gasteiger partial charge in [-0.25, -0.2) is 4.98 Å². The lowest BCUT2D eigenvalue weighted by molar-refractivity contribution is 0.102. The highest BCUT2D eigenvalue weighted by Crippen LogP contribution is 2.23. The van der Waals surface area contributed by atoms with Gasteiger partial charge in [0.1, 0.15) is 5.15 Å². The normalized spacial score (nSPS) is 10.7. The summed E-state index contributed by atoms with van der Waals surface area (Å²) in [6.45, 7) is 3.96.